The summed E-state index contributed by atoms with van der Waals surface area (Å²) in [5.41, 5.74) is 0.185. The Labute approximate surface area is 160 Å². The number of rotatable bonds is 3. The van der Waals surface area contributed by atoms with Crippen molar-refractivity contribution in [2.24, 2.45) is 0 Å². The number of nitrogens with zero attached hydrogens (tertiary/aromatic N) is 1. The van der Waals surface area contributed by atoms with Gasteiger partial charge in [0, 0.05) is 4.47 Å². The maximum absolute atomic E-state index is 12.8. The standard InChI is InChI=1S/C18H11BrF3NO2S/c19-14-6-4-11(5-7-14)10-23-16(24)15(26-17(23)25)9-12-2-1-3-13(8-12)18(20,21)22/h1-9H,10H2/b15-9+. The first-order valence-corrected chi connectivity index (χ1v) is 9.02. The van der Waals surface area contributed by atoms with E-state index in [1.807, 2.05) is 0 Å². The molecule has 0 N–H and O–H groups in total. The van der Waals surface area contributed by atoms with Crippen molar-refractivity contribution in [3.05, 3.63) is 74.6 Å². The van der Waals surface area contributed by atoms with Gasteiger partial charge in [-0.1, -0.05) is 40.2 Å². The van der Waals surface area contributed by atoms with Crippen molar-refractivity contribution in [3.63, 3.8) is 0 Å². The van der Waals surface area contributed by atoms with Crippen molar-refractivity contribution in [1.29, 1.82) is 0 Å². The molecule has 134 valence electrons. The Morgan fingerprint density at radius 2 is 1.77 bits per heavy atom. The van der Waals surface area contributed by atoms with Gasteiger partial charge >= 0.3 is 6.18 Å². The first-order chi connectivity index (χ1) is 12.2. The highest BCUT2D eigenvalue weighted by atomic mass is 79.9. The summed E-state index contributed by atoms with van der Waals surface area (Å²) in [6.07, 6.45) is -3.16. The summed E-state index contributed by atoms with van der Waals surface area (Å²) in [5.74, 6) is -0.514. The van der Waals surface area contributed by atoms with Crippen LogP contribution in [0.25, 0.3) is 6.08 Å². The Hall–Kier alpha value is -2.06. The van der Waals surface area contributed by atoms with Gasteiger partial charge in [0.2, 0.25) is 0 Å². The zero-order valence-electron chi connectivity index (χ0n) is 13.1. The molecule has 0 aliphatic carbocycles. The molecule has 8 heteroatoms. The number of halogens is 4. The largest absolute Gasteiger partial charge is 0.416 e. The molecule has 2 aromatic rings. The number of carbonyl (C=O) groups excluding carboxylic acids is 2. The average molecular weight is 442 g/mol. The Bertz CT molecular complexity index is 894. The zero-order valence-corrected chi connectivity index (χ0v) is 15.5. The molecule has 26 heavy (non-hydrogen) atoms. The molecular formula is C18H11BrF3NO2S. The lowest BCUT2D eigenvalue weighted by atomic mass is 10.1. The van der Waals surface area contributed by atoms with E-state index in [2.05, 4.69) is 15.9 Å². The smallest absolute Gasteiger partial charge is 0.268 e. The molecule has 3 nitrogen and oxygen atoms in total. The van der Waals surface area contributed by atoms with Crippen molar-refractivity contribution >= 4 is 44.9 Å². The van der Waals surface area contributed by atoms with E-state index < -0.39 is 22.9 Å². The number of hydrogen-bond acceptors (Lipinski definition) is 3. The van der Waals surface area contributed by atoms with Crippen LogP contribution in [0.3, 0.4) is 0 Å². The molecule has 1 aliphatic rings. The van der Waals surface area contributed by atoms with Gasteiger partial charge in [-0.3, -0.25) is 14.5 Å². The van der Waals surface area contributed by atoms with Crippen molar-refractivity contribution in [3.8, 4) is 0 Å². The van der Waals surface area contributed by atoms with Crippen LogP contribution in [-0.2, 0) is 17.5 Å². The van der Waals surface area contributed by atoms with Gasteiger partial charge in [0.1, 0.15) is 0 Å². The van der Waals surface area contributed by atoms with Gasteiger partial charge in [0.15, 0.2) is 0 Å². The number of imide groups is 1. The minimum Gasteiger partial charge on any atom is -0.268 e. The summed E-state index contributed by atoms with van der Waals surface area (Å²) in [6.45, 7) is 0.109. The summed E-state index contributed by atoms with van der Waals surface area (Å²) >= 11 is 4.03. The third-order valence-electron chi connectivity index (χ3n) is 3.64. The van der Waals surface area contributed by atoms with E-state index >= 15 is 0 Å². The average Bonchev–Trinajstić information content (AvgIpc) is 2.84. The van der Waals surface area contributed by atoms with Gasteiger partial charge in [0.05, 0.1) is 17.0 Å². The predicted octanol–water partition coefficient (Wildman–Crippen LogP) is 5.70. The lowest BCUT2D eigenvalue weighted by Gasteiger charge is -2.12. The van der Waals surface area contributed by atoms with E-state index in [0.717, 1.165) is 38.8 Å². The Balaban J connectivity index is 1.82. The highest BCUT2D eigenvalue weighted by Crippen LogP contribution is 2.35. The molecule has 0 unspecified atom stereocenters. The van der Waals surface area contributed by atoms with E-state index in [1.165, 1.54) is 18.2 Å². The van der Waals surface area contributed by atoms with Gasteiger partial charge in [0.25, 0.3) is 11.1 Å². The maximum atomic E-state index is 12.8. The van der Waals surface area contributed by atoms with Crippen LogP contribution >= 0.6 is 27.7 Å². The number of alkyl halides is 3. The van der Waals surface area contributed by atoms with Crippen LogP contribution in [0.4, 0.5) is 18.0 Å². The maximum Gasteiger partial charge on any atom is 0.416 e. The molecule has 2 aromatic carbocycles. The quantitative estimate of drug-likeness (QED) is 0.572. The topological polar surface area (TPSA) is 37.4 Å². The number of amides is 2. The number of benzene rings is 2. The van der Waals surface area contributed by atoms with E-state index in [-0.39, 0.29) is 17.0 Å². The summed E-state index contributed by atoms with van der Waals surface area (Å²) in [5, 5.41) is -0.448. The fraction of sp³-hybridized carbons (Fsp3) is 0.111. The summed E-state index contributed by atoms with van der Waals surface area (Å²) in [4.78, 5) is 25.8. The SMILES string of the molecule is O=C1S/C(=C/c2cccc(C(F)(F)F)c2)C(=O)N1Cc1ccc(Br)cc1. The monoisotopic (exact) mass is 441 g/mol. The second-order valence-electron chi connectivity index (χ2n) is 5.52. The lowest BCUT2D eigenvalue weighted by Crippen LogP contribution is -2.27. The molecule has 0 spiro atoms. The van der Waals surface area contributed by atoms with Crippen LogP contribution in [0.2, 0.25) is 0 Å². The zero-order chi connectivity index (χ0) is 18.9. The van der Waals surface area contributed by atoms with E-state index in [4.69, 9.17) is 0 Å². The van der Waals surface area contributed by atoms with Crippen molar-refractivity contribution in [2.45, 2.75) is 12.7 Å². The Morgan fingerprint density at radius 3 is 2.42 bits per heavy atom. The van der Waals surface area contributed by atoms with Crippen LogP contribution in [0.1, 0.15) is 16.7 Å². The third kappa shape index (κ3) is 4.19. The molecule has 0 saturated carbocycles. The number of hydrogen-bond donors (Lipinski definition) is 0. The molecule has 1 heterocycles. The summed E-state index contributed by atoms with van der Waals surface area (Å²) < 4.78 is 39.3. The van der Waals surface area contributed by atoms with Crippen molar-refractivity contribution in [2.75, 3.05) is 0 Å². The highest BCUT2D eigenvalue weighted by molar-refractivity contribution is 9.10. The van der Waals surface area contributed by atoms with Crippen molar-refractivity contribution < 1.29 is 22.8 Å². The van der Waals surface area contributed by atoms with E-state index in [9.17, 15) is 22.8 Å². The molecule has 3 rings (SSSR count). The van der Waals surface area contributed by atoms with Crippen LogP contribution in [0.5, 0.6) is 0 Å². The van der Waals surface area contributed by atoms with Gasteiger partial charge in [-0.2, -0.15) is 13.2 Å². The molecule has 1 aliphatic heterocycles. The first-order valence-electron chi connectivity index (χ1n) is 7.41. The normalized spacial score (nSPS) is 16.6. The molecule has 0 bridgehead atoms. The lowest BCUT2D eigenvalue weighted by molar-refractivity contribution is -0.137. The van der Waals surface area contributed by atoms with E-state index in [0.29, 0.717) is 0 Å². The molecule has 0 aromatic heterocycles. The van der Waals surface area contributed by atoms with Gasteiger partial charge in [-0.05, 0) is 53.2 Å². The molecule has 1 saturated heterocycles. The molecular weight excluding hydrogens is 431 g/mol. The van der Waals surface area contributed by atoms with Crippen LogP contribution < -0.4 is 0 Å². The third-order valence-corrected chi connectivity index (χ3v) is 5.08. The highest BCUT2D eigenvalue weighted by Gasteiger charge is 2.35. The van der Waals surface area contributed by atoms with Gasteiger partial charge in [-0.25, -0.2) is 0 Å². The molecule has 0 radical (unpaired) electrons. The fourth-order valence-electron chi connectivity index (χ4n) is 2.36. The van der Waals surface area contributed by atoms with Gasteiger partial charge < -0.3 is 0 Å². The molecule has 1 fully saturated rings. The minimum absolute atomic E-state index is 0.103. The van der Waals surface area contributed by atoms with Crippen LogP contribution in [0, 0.1) is 0 Å². The first kappa shape index (κ1) is 18.7. The van der Waals surface area contributed by atoms with Crippen LogP contribution in [-0.4, -0.2) is 16.0 Å². The van der Waals surface area contributed by atoms with Crippen molar-refractivity contribution in [1.82, 2.24) is 4.90 Å². The minimum atomic E-state index is -4.47. The van der Waals surface area contributed by atoms with Gasteiger partial charge in [-0.15, -0.1) is 0 Å². The number of carbonyl (C=O) groups is 2. The Kier molecular flexibility index (Phi) is 5.24. The van der Waals surface area contributed by atoms with E-state index in [1.54, 1.807) is 24.3 Å². The fourth-order valence-corrected chi connectivity index (χ4v) is 3.47. The second kappa shape index (κ2) is 7.28. The summed E-state index contributed by atoms with van der Waals surface area (Å²) in [6, 6.07) is 11.8. The molecule has 2 amide bonds. The number of thioether (sulfide) groups is 1. The molecule has 0 atom stereocenters. The van der Waals surface area contributed by atoms with Crippen LogP contribution in [0.15, 0.2) is 57.9 Å². The summed E-state index contributed by atoms with van der Waals surface area (Å²) in [7, 11) is 0. The predicted molar refractivity (Wildman–Crippen MR) is 97.1 cm³/mol. The second-order valence-corrected chi connectivity index (χ2v) is 7.43. The Morgan fingerprint density at radius 1 is 1.08 bits per heavy atom.